The Kier molecular flexibility index (Phi) is 6.62. The predicted molar refractivity (Wildman–Crippen MR) is 125 cm³/mol. The van der Waals surface area contributed by atoms with Crippen molar-refractivity contribution in [1.29, 1.82) is 0 Å². The maximum atomic E-state index is 13.9. The first-order valence-corrected chi connectivity index (χ1v) is 12.8. The van der Waals surface area contributed by atoms with E-state index >= 15 is 0 Å². The van der Waals surface area contributed by atoms with Gasteiger partial charge in [-0.3, -0.25) is 4.79 Å². The molecule has 2 N–H and O–H groups in total. The van der Waals surface area contributed by atoms with Crippen molar-refractivity contribution >= 4 is 21.4 Å². The minimum atomic E-state index is -3.35. The van der Waals surface area contributed by atoms with Crippen LogP contribution in [0.1, 0.15) is 39.5 Å². The van der Waals surface area contributed by atoms with Gasteiger partial charge in [0.2, 0.25) is 15.8 Å². The van der Waals surface area contributed by atoms with Crippen molar-refractivity contribution in [3.8, 4) is 11.4 Å². The number of hydrogen-bond donors (Lipinski definition) is 1. The van der Waals surface area contributed by atoms with Crippen molar-refractivity contribution in [1.82, 2.24) is 14.1 Å². The SMILES string of the molecule is CC(C)S(=O)(=O)N1CCN(c2cnn(-c3cc(F)ccc3N)c(=O)c2OC2CCCC2)CC1. The summed E-state index contributed by atoms with van der Waals surface area (Å²) in [6.07, 6.45) is 5.19. The molecule has 1 aromatic heterocycles. The summed E-state index contributed by atoms with van der Waals surface area (Å²) >= 11 is 0. The molecule has 0 unspecified atom stereocenters. The number of nitrogens with two attached hydrogens (primary N) is 1. The second kappa shape index (κ2) is 9.30. The highest BCUT2D eigenvalue weighted by Gasteiger charge is 2.32. The molecule has 1 aliphatic carbocycles. The smallest absolute Gasteiger partial charge is 0.316 e. The number of ether oxygens (including phenoxy) is 1. The molecule has 9 nitrogen and oxygen atoms in total. The van der Waals surface area contributed by atoms with Crippen LogP contribution in [0.4, 0.5) is 15.8 Å². The van der Waals surface area contributed by atoms with Crippen LogP contribution in [0.3, 0.4) is 0 Å². The van der Waals surface area contributed by atoms with E-state index in [1.165, 1.54) is 22.6 Å². The lowest BCUT2D eigenvalue weighted by atomic mass is 10.2. The molecule has 2 heterocycles. The van der Waals surface area contributed by atoms with E-state index in [9.17, 15) is 17.6 Å². The van der Waals surface area contributed by atoms with Crippen molar-refractivity contribution in [3.05, 3.63) is 40.6 Å². The first-order valence-electron chi connectivity index (χ1n) is 11.3. The highest BCUT2D eigenvalue weighted by atomic mass is 32.2. The largest absolute Gasteiger partial charge is 0.483 e. The number of nitrogens with zero attached hydrogens (tertiary/aromatic N) is 4. The van der Waals surface area contributed by atoms with Crippen LogP contribution in [0, 0.1) is 5.82 Å². The van der Waals surface area contributed by atoms with E-state index in [4.69, 9.17) is 10.5 Å². The van der Waals surface area contributed by atoms with E-state index in [0.29, 0.717) is 31.9 Å². The van der Waals surface area contributed by atoms with Crippen molar-refractivity contribution in [2.45, 2.75) is 50.9 Å². The molecular formula is C22H30FN5O4S. The first kappa shape index (κ1) is 23.5. The molecule has 1 aliphatic heterocycles. The van der Waals surface area contributed by atoms with Crippen LogP contribution in [-0.4, -0.2) is 60.0 Å². The second-order valence-corrected chi connectivity index (χ2v) is 11.3. The lowest BCUT2D eigenvalue weighted by Gasteiger charge is -2.36. The topological polar surface area (TPSA) is 111 Å². The van der Waals surface area contributed by atoms with Gasteiger partial charge in [-0.25, -0.2) is 12.8 Å². The highest BCUT2D eigenvalue weighted by Crippen LogP contribution is 2.31. The van der Waals surface area contributed by atoms with E-state index in [1.54, 1.807) is 13.8 Å². The van der Waals surface area contributed by atoms with Gasteiger partial charge in [0, 0.05) is 32.2 Å². The van der Waals surface area contributed by atoms with Gasteiger partial charge in [0.1, 0.15) is 11.5 Å². The zero-order chi connectivity index (χ0) is 23.8. The van der Waals surface area contributed by atoms with Crippen LogP contribution < -0.4 is 20.9 Å². The average molecular weight is 480 g/mol. The monoisotopic (exact) mass is 479 g/mol. The van der Waals surface area contributed by atoms with E-state index in [2.05, 4.69) is 5.10 Å². The molecule has 0 atom stereocenters. The van der Waals surface area contributed by atoms with Crippen molar-refractivity contribution < 1.29 is 17.5 Å². The molecule has 2 aliphatic rings. The Balaban J connectivity index is 1.69. The van der Waals surface area contributed by atoms with E-state index < -0.39 is 26.6 Å². The van der Waals surface area contributed by atoms with Crippen LogP contribution in [-0.2, 0) is 10.0 Å². The lowest BCUT2D eigenvalue weighted by Crippen LogP contribution is -2.50. The summed E-state index contributed by atoms with van der Waals surface area (Å²) in [7, 11) is -3.35. The van der Waals surface area contributed by atoms with Crippen LogP contribution in [0.2, 0.25) is 0 Å². The standard InChI is InChI=1S/C22H30FN5O4S/c1-15(2)33(30,31)27-11-9-26(10-12-27)20-14-25-28(19-13-16(23)7-8-18(19)24)22(29)21(20)32-17-5-3-4-6-17/h7-8,13-15,17H,3-6,9-12,24H2,1-2H3. The Hall–Kier alpha value is -2.66. The van der Waals surface area contributed by atoms with Gasteiger partial charge in [-0.05, 0) is 51.7 Å². The molecule has 0 radical (unpaired) electrons. The molecule has 0 spiro atoms. The van der Waals surface area contributed by atoms with Gasteiger partial charge in [-0.15, -0.1) is 0 Å². The number of hydrogen-bond acceptors (Lipinski definition) is 7. The summed E-state index contributed by atoms with van der Waals surface area (Å²) in [4.78, 5) is 15.4. The van der Waals surface area contributed by atoms with Crippen LogP contribution in [0.25, 0.3) is 5.69 Å². The summed E-state index contributed by atoms with van der Waals surface area (Å²) < 4.78 is 47.6. The summed E-state index contributed by atoms with van der Waals surface area (Å²) in [6.45, 7) is 4.75. The molecule has 4 rings (SSSR count). The van der Waals surface area contributed by atoms with E-state index in [-0.39, 0.29) is 23.2 Å². The fourth-order valence-corrected chi connectivity index (χ4v) is 5.56. The number of rotatable bonds is 6. The van der Waals surface area contributed by atoms with Crippen molar-refractivity contribution in [2.24, 2.45) is 0 Å². The fraction of sp³-hybridized carbons (Fsp3) is 0.545. The zero-order valence-electron chi connectivity index (χ0n) is 18.9. The molecule has 1 saturated carbocycles. The third-order valence-electron chi connectivity index (χ3n) is 6.26. The third kappa shape index (κ3) is 4.70. The van der Waals surface area contributed by atoms with E-state index in [1.807, 2.05) is 4.90 Å². The van der Waals surface area contributed by atoms with Gasteiger partial charge >= 0.3 is 5.56 Å². The highest BCUT2D eigenvalue weighted by molar-refractivity contribution is 7.89. The minimum absolute atomic E-state index is 0.0836. The number of benzene rings is 1. The molecule has 0 bridgehead atoms. The lowest BCUT2D eigenvalue weighted by molar-refractivity contribution is 0.205. The Morgan fingerprint density at radius 3 is 2.42 bits per heavy atom. The van der Waals surface area contributed by atoms with Gasteiger partial charge in [-0.2, -0.15) is 14.1 Å². The molecule has 2 fully saturated rings. The Labute approximate surface area is 193 Å². The van der Waals surface area contributed by atoms with Crippen molar-refractivity contribution in [2.75, 3.05) is 36.8 Å². The fourth-order valence-electron chi connectivity index (χ4n) is 4.29. The normalized spacial score (nSPS) is 18.2. The van der Waals surface area contributed by atoms with Gasteiger partial charge in [0.05, 0.1) is 28.9 Å². The summed E-state index contributed by atoms with van der Waals surface area (Å²) in [5, 5.41) is 3.77. The molecule has 180 valence electrons. The number of halogens is 1. The number of aromatic nitrogens is 2. The third-order valence-corrected chi connectivity index (χ3v) is 8.53. The van der Waals surface area contributed by atoms with Gasteiger partial charge < -0.3 is 15.4 Å². The molecule has 1 aromatic carbocycles. The maximum absolute atomic E-state index is 13.9. The summed E-state index contributed by atoms with van der Waals surface area (Å²) in [5.74, 6) is -0.390. The van der Waals surface area contributed by atoms with E-state index in [0.717, 1.165) is 36.4 Å². The molecular weight excluding hydrogens is 449 g/mol. The van der Waals surface area contributed by atoms with Crippen molar-refractivity contribution in [3.63, 3.8) is 0 Å². The Bertz CT molecular complexity index is 1170. The second-order valence-electron chi connectivity index (χ2n) is 8.78. The van der Waals surface area contributed by atoms with Crippen LogP contribution in [0.5, 0.6) is 5.75 Å². The predicted octanol–water partition coefficient (Wildman–Crippen LogP) is 2.14. The Morgan fingerprint density at radius 2 is 1.79 bits per heavy atom. The minimum Gasteiger partial charge on any atom is -0.483 e. The summed E-state index contributed by atoms with van der Waals surface area (Å²) in [6, 6.07) is 3.77. The zero-order valence-corrected chi connectivity index (χ0v) is 19.7. The van der Waals surface area contributed by atoms with Gasteiger partial charge in [-0.1, -0.05) is 0 Å². The molecule has 0 amide bonds. The van der Waals surface area contributed by atoms with Crippen LogP contribution in [0.15, 0.2) is 29.2 Å². The molecule has 11 heteroatoms. The maximum Gasteiger partial charge on any atom is 0.316 e. The molecule has 1 saturated heterocycles. The van der Waals surface area contributed by atoms with Gasteiger partial charge in [0.25, 0.3) is 0 Å². The summed E-state index contributed by atoms with van der Waals surface area (Å²) in [5.41, 5.74) is 6.35. The molecule has 2 aromatic rings. The average Bonchev–Trinajstić information content (AvgIpc) is 3.30. The quantitative estimate of drug-likeness (QED) is 0.632. The number of nitrogen functional groups attached to an aromatic ring is 1. The number of piperazine rings is 1. The van der Waals surface area contributed by atoms with Crippen LogP contribution >= 0.6 is 0 Å². The number of anilines is 2. The first-order chi connectivity index (χ1) is 15.7. The molecule has 33 heavy (non-hydrogen) atoms. The van der Waals surface area contributed by atoms with Gasteiger partial charge in [0.15, 0.2) is 0 Å². The number of sulfonamides is 1. The Morgan fingerprint density at radius 1 is 1.12 bits per heavy atom.